The van der Waals surface area contributed by atoms with Crippen LogP contribution in [0.2, 0.25) is 0 Å². The van der Waals surface area contributed by atoms with Crippen LogP contribution in [0.5, 0.6) is 11.5 Å². The molecule has 3 unspecified atom stereocenters. The molecule has 0 saturated heterocycles. The van der Waals surface area contributed by atoms with Gasteiger partial charge in [-0.15, -0.1) is 0 Å². The third-order valence-electron chi connectivity index (χ3n) is 3.99. The molecular formula is C16H25NO4. The van der Waals surface area contributed by atoms with Gasteiger partial charge in [0.2, 0.25) is 0 Å². The molecule has 1 aromatic carbocycles. The fourth-order valence-corrected chi connectivity index (χ4v) is 2.35. The van der Waals surface area contributed by atoms with E-state index < -0.39 is 11.5 Å². The summed E-state index contributed by atoms with van der Waals surface area (Å²) in [6.07, 6.45) is 0.392. The van der Waals surface area contributed by atoms with Crippen molar-refractivity contribution in [1.29, 1.82) is 0 Å². The minimum atomic E-state index is -1.23. The minimum absolute atomic E-state index is 0.105. The van der Waals surface area contributed by atoms with E-state index in [9.17, 15) is 4.79 Å². The van der Waals surface area contributed by atoms with Crippen molar-refractivity contribution >= 4 is 5.97 Å². The number of carboxylic acid groups (broad SMARTS) is 1. The Kier molecular flexibility index (Phi) is 5.61. The Morgan fingerprint density at radius 2 is 1.71 bits per heavy atom. The van der Waals surface area contributed by atoms with Gasteiger partial charge in [0.15, 0.2) is 0 Å². The number of rotatable bonds is 7. The number of carboxylic acids is 1. The average Bonchev–Trinajstić information content (AvgIpc) is 2.45. The van der Waals surface area contributed by atoms with Crippen molar-refractivity contribution in [2.45, 2.75) is 38.6 Å². The highest BCUT2D eigenvalue weighted by molar-refractivity contribution is 5.77. The van der Waals surface area contributed by atoms with E-state index in [0.29, 0.717) is 6.42 Å². The molecule has 0 amide bonds. The van der Waals surface area contributed by atoms with Crippen molar-refractivity contribution in [2.24, 2.45) is 11.7 Å². The van der Waals surface area contributed by atoms with E-state index in [4.69, 9.17) is 20.3 Å². The first-order valence-electron chi connectivity index (χ1n) is 6.96. The van der Waals surface area contributed by atoms with Gasteiger partial charge in [-0.3, -0.25) is 4.79 Å². The molecule has 0 aliphatic heterocycles. The van der Waals surface area contributed by atoms with E-state index in [1.54, 1.807) is 21.1 Å². The summed E-state index contributed by atoms with van der Waals surface area (Å²) in [5.74, 6) is 0.697. The highest BCUT2D eigenvalue weighted by atomic mass is 16.5. The number of hydrogen-bond donors (Lipinski definition) is 2. The summed E-state index contributed by atoms with van der Waals surface area (Å²) in [6.45, 7) is 5.60. The van der Waals surface area contributed by atoms with Gasteiger partial charge in [0, 0.05) is 6.07 Å². The predicted octanol–water partition coefficient (Wildman–Crippen LogP) is 2.64. The van der Waals surface area contributed by atoms with Crippen LogP contribution in [-0.4, -0.2) is 30.8 Å². The molecule has 0 saturated carbocycles. The molecule has 5 nitrogen and oxygen atoms in total. The summed E-state index contributed by atoms with van der Waals surface area (Å²) in [6, 6.07) is 5.70. The number of carbonyl (C=O) groups is 1. The van der Waals surface area contributed by atoms with Gasteiger partial charge in [0.1, 0.15) is 17.0 Å². The molecular weight excluding hydrogens is 270 g/mol. The van der Waals surface area contributed by atoms with Crippen molar-refractivity contribution < 1.29 is 19.4 Å². The van der Waals surface area contributed by atoms with Crippen LogP contribution in [-0.2, 0) is 4.79 Å². The zero-order valence-electron chi connectivity index (χ0n) is 13.3. The Bertz CT molecular complexity index is 477. The van der Waals surface area contributed by atoms with Crippen LogP contribution in [0.1, 0.15) is 38.7 Å². The van der Waals surface area contributed by atoms with E-state index in [-0.39, 0.29) is 11.8 Å². The van der Waals surface area contributed by atoms with Gasteiger partial charge in [-0.2, -0.15) is 0 Å². The summed E-state index contributed by atoms with van der Waals surface area (Å²) in [5.41, 5.74) is 5.66. The van der Waals surface area contributed by atoms with Crippen molar-refractivity contribution in [3.05, 3.63) is 23.8 Å². The molecule has 0 aromatic heterocycles. The van der Waals surface area contributed by atoms with Gasteiger partial charge in [-0.05, 0) is 42.9 Å². The van der Waals surface area contributed by atoms with Gasteiger partial charge in [-0.1, -0.05) is 13.8 Å². The molecule has 0 aliphatic carbocycles. The highest BCUT2D eigenvalue weighted by Gasteiger charge is 2.32. The topological polar surface area (TPSA) is 81.8 Å². The normalized spacial score (nSPS) is 16.7. The molecule has 5 heteroatoms. The molecule has 3 N–H and O–H groups in total. The van der Waals surface area contributed by atoms with Gasteiger partial charge >= 0.3 is 5.97 Å². The van der Waals surface area contributed by atoms with Crippen molar-refractivity contribution in [3.63, 3.8) is 0 Å². The monoisotopic (exact) mass is 295 g/mol. The van der Waals surface area contributed by atoms with E-state index in [1.807, 2.05) is 25.1 Å². The fraction of sp³-hybridized carbons (Fsp3) is 0.562. The number of aliphatic carboxylic acids is 1. The van der Waals surface area contributed by atoms with Crippen LogP contribution < -0.4 is 15.2 Å². The first-order valence-corrected chi connectivity index (χ1v) is 6.96. The Morgan fingerprint density at radius 1 is 1.24 bits per heavy atom. The lowest BCUT2D eigenvalue weighted by Gasteiger charge is -2.28. The number of methoxy groups -OCH3 is 2. The Hall–Kier alpha value is -1.75. The molecule has 118 valence electrons. The van der Waals surface area contributed by atoms with Crippen molar-refractivity contribution in [3.8, 4) is 11.5 Å². The standard InChI is InChI=1S/C16H25NO4/c1-10(9-16(3,17)15(18)19)11(2)12-6-13(20-4)8-14(7-12)21-5/h6-8,10-11H,9,17H2,1-5H3,(H,18,19). The van der Waals surface area contributed by atoms with Crippen LogP contribution in [0.3, 0.4) is 0 Å². The third kappa shape index (κ3) is 4.36. The first kappa shape index (κ1) is 17.3. The zero-order chi connectivity index (χ0) is 16.2. The number of nitrogens with two attached hydrogens (primary N) is 1. The smallest absolute Gasteiger partial charge is 0.323 e. The van der Waals surface area contributed by atoms with Crippen LogP contribution in [0.15, 0.2) is 18.2 Å². The zero-order valence-corrected chi connectivity index (χ0v) is 13.3. The molecule has 0 aliphatic rings. The van der Waals surface area contributed by atoms with Crippen molar-refractivity contribution in [2.75, 3.05) is 14.2 Å². The maximum absolute atomic E-state index is 11.2. The maximum atomic E-state index is 11.2. The molecule has 0 bridgehead atoms. The summed E-state index contributed by atoms with van der Waals surface area (Å²) in [7, 11) is 3.21. The molecule has 21 heavy (non-hydrogen) atoms. The predicted molar refractivity (Wildman–Crippen MR) is 82.0 cm³/mol. The molecule has 0 radical (unpaired) electrons. The molecule has 0 heterocycles. The first-order chi connectivity index (χ1) is 9.71. The SMILES string of the molecule is COc1cc(OC)cc(C(C)C(C)CC(C)(N)C(=O)O)c1. The second-order valence-corrected chi connectivity index (χ2v) is 5.84. The van der Waals surface area contributed by atoms with Gasteiger partial charge in [-0.25, -0.2) is 0 Å². The van der Waals surface area contributed by atoms with E-state index >= 15 is 0 Å². The largest absolute Gasteiger partial charge is 0.497 e. The Balaban J connectivity index is 2.97. The van der Waals surface area contributed by atoms with E-state index in [1.165, 1.54) is 0 Å². The van der Waals surface area contributed by atoms with Gasteiger partial charge in [0.05, 0.1) is 14.2 Å². The second-order valence-electron chi connectivity index (χ2n) is 5.84. The molecule has 1 rings (SSSR count). The number of hydrogen-bond acceptors (Lipinski definition) is 4. The molecule has 0 spiro atoms. The summed E-state index contributed by atoms with van der Waals surface area (Å²) >= 11 is 0. The molecule has 3 atom stereocenters. The lowest BCUT2D eigenvalue weighted by Crippen LogP contribution is -2.46. The Morgan fingerprint density at radius 3 is 2.10 bits per heavy atom. The van der Waals surface area contributed by atoms with Crippen molar-refractivity contribution in [1.82, 2.24) is 0 Å². The quantitative estimate of drug-likeness (QED) is 0.808. The minimum Gasteiger partial charge on any atom is -0.497 e. The van der Waals surface area contributed by atoms with E-state index in [0.717, 1.165) is 17.1 Å². The highest BCUT2D eigenvalue weighted by Crippen LogP contribution is 2.34. The summed E-state index contributed by atoms with van der Waals surface area (Å²) in [4.78, 5) is 11.2. The summed E-state index contributed by atoms with van der Waals surface area (Å²) in [5, 5.41) is 9.14. The third-order valence-corrected chi connectivity index (χ3v) is 3.99. The number of benzene rings is 1. The summed E-state index contributed by atoms with van der Waals surface area (Å²) < 4.78 is 10.5. The van der Waals surface area contributed by atoms with Crippen LogP contribution in [0.4, 0.5) is 0 Å². The average molecular weight is 295 g/mol. The van der Waals surface area contributed by atoms with Gasteiger partial charge < -0.3 is 20.3 Å². The lowest BCUT2D eigenvalue weighted by atomic mass is 9.80. The molecule has 0 fully saturated rings. The second kappa shape index (κ2) is 6.80. The van der Waals surface area contributed by atoms with Crippen LogP contribution >= 0.6 is 0 Å². The lowest BCUT2D eigenvalue weighted by molar-refractivity contribution is -0.143. The fourth-order valence-electron chi connectivity index (χ4n) is 2.35. The molecule has 1 aromatic rings. The Labute approximate surface area is 126 Å². The van der Waals surface area contributed by atoms with Crippen LogP contribution in [0, 0.1) is 5.92 Å². The van der Waals surface area contributed by atoms with Crippen LogP contribution in [0.25, 0.3) is 0 Å². The number of ether oxygens (including phenoxy) is 2. The maximum Gasteiger partial charge on any atom is 0.323 e. The van der Waals surface area contributed by atoms with E-state index in [2.05, 4.69) is 6.92 Å². The van der Waals surface area contributed by atoms with Gasteiger partial charge in [0.25, 0.3) is 0 Å².